The first-order valence-electron chi connectivity index (χ1n) is 6.00. The van der Waals surface area contributed by atoms with E-state index in [4.69, 9.17) is 22.1 Å². The lowest BCUT2D eigenvalue weighted by Crippen LogP contribution is -2.23. The fourth-order valence-corrected chi connectivity index (χ4v) is 2.46. The van der Waals surface area contributed by atoms with Crippen LogP contribution in [0.25, 0.3) is 0 Å². The van der Waals surface area contributed by atoms with Gasteiger partial charge in [0.15, 0.2) is 0 Å². The molecule has 0 saturated carbocycles. The highest BCUT2D eigenvalue weighted by atomic mass is 35.5. The first-order valence-corrected chi connectivity index (χ1v) is 6.38. The van der Waals surface area contributed by atoms with Gasteiger partial charge in [0, 0.05) is 23.0 Å². The van der Waals surface area contributed by atoms with E-state index in [2.05, 4.69) is 0 Å². The minimum atomic E-state index is 0.00664. The second-order valence-electron chi connectivity index (χ2n) is 4.54. The molecule has 0 aromatic heterocycles. The van der Waals surface area contributed by atoms with Crippen molar-refractivity contribution in [1.82, 2.24) is 0 Å². The minimum absolute atomic E-state index is 0.00664. The zero-order valence-corrected chi connectivity index (χ0v) is 10.6. The van der Waals surface area contributed by atoms with Crippen LogP contribution in [0.2, 0.25) is 5.02 Å². The van der Waals surface area contributed by atoms with Gasteiger partial charge in [0.05, 0.1) is 0 Å². The van der Waals surface area contributed by atoms with Gasteiger partial charge in [-0.1, -0.05) is 41.9 Å². The van der Waals surface area contributed by atoms with Crippen LogP contribution in [0, 0.1) is 0 Å². The van der Waals surface area contributed by atoms with Crippen molar-refractivity contribution in [2.75, 3.05) is 0 Å². The summed E-state index contributed by atoms with van der Waals surface area (Å²) in [4.78, 5) is 0. The highest BCUT2D eigenvalue weighted by molar-refractivity contribution is 6.30. The van der Waals surface area contributed by atoms with Crippen LogP contribution in [0.15, 0.2) is 48.5 Å². The molecule has 2 nitrogen and oxygen atoms in total. The summed E-state index contributed by atoms with van der Waals surface area (Å²) in [6, 6.07) is 15.7. The number of hydrogen-bond acceptors (Lipinski definition) is 2. The summed E-state index contributed by atoms with van der Waals surface area (Å²) in [6.07, 6.45) is 0.797. The van der Waals surface area contributed by atoms with E-state index in [1.54, 1.807) is 0 Å². The summed E-state index contributed by atoms with van der Waals surface area (Å²) < 4.78 is 6.01. The zero-order valence-electron chi connectivity index (χ0n) is 9.84. The second-order valence-corrected chi connectivity index (χ2v) is 4.97. The van der Waals surface area contributed by atoms with Crippen LogP contribution in [0.3, 0.4) is 0 Å². The predicted octanol–water partition coefficient (Wildman–Crippen LogP) is 3.86. The predicted molar refractivity (Wildman–Crippen MR) is 72.8 cm³/mol. The standard InChI is InChI=1S/C15H14ClNO/c16-11-7-5-10(6-8-11)15-9-13(17)12-3-1-2-4-14(12)18-15/h1-8,13,15H,9,17H2/t13-,15?/m0/s1. The van der Waals surface area contributed by atoms with Gasteiger partial charge in [-0.25, -0.2) is 0 Å². The van der Waals surface area contributed by atoms with Gasteiger partial charge in [0.2, 0.25) is 0 Å². The molecular weight excluding hydrogens is 246 g/mol. The maximum Gasteiger partial charge on any atom is 0.126 e. The van der Waals surface area contributed by atoms with Crippen molar-refractivity contribution in [2.24, 2.45) is 5.73 Å². The quantitative estimate of drug-likeness (QED) is 0.844. The molecule has 18 heavy (non-hydrogen) atoms. The number of halogens is 1. The summed E-state index contributed by atoms with van der Waals surface area (Å²) in [5, 5.41) is 0.735. The van der Waals surface area contributed by atoms with Crippen LogP contribution in [0.1, 0.15) is 29.7 Å². The Bertz CT molecular complexity index is 553. The van der Waals surface area contributed by atoms with E-state index in [9.17, 15) is 0 Å². The van der Waals surface area contributed by atoms with E-state index in [0.717, 1.165) is 28.3 Å². The third kappa shape index (κ3) is 2.09. The van der Waals surface area contributed by atoms with E-state index in [1.165, 1.54) is 0 Å². The van der Waals surface area contributed by atoms with Crippen molar-refractivity contribution < 1.29 is 4.74 Å². The number of ether oxygens (including phenoxy) is 1. The normalized spacial score (nSPS) is 22.1. The maximum atomic E-state index is 6.20. The molecule has 0 bridgehead atoms. The van der Waals surface area contributed by atoms with Gasteiger partial charge < -0.3 is 10.5 Å². The molecule has 0 aliphatic carbocycles. The highest BCUT2D eigenvalue weighted by Crippen LogP contribution is 2.39. The number of benzene rings is 2. The van der Waals surface area contributed by atoms with Crippen molar-refractivity contribution >= 4 is 11.6 Å². The summed E-state index contributed by atoms with van der Waals surface area (Å²) in [5.41, 5.74) is 8.40. The van der Waals surface area contributed by atoms with Gasteiger partial charge in [0.25, 0.3) is 0 Å². The molecule has 2 atom stereocenters. The van der Waals surface area contributed by atoms with Crippen molar-refractivity contribution in [3.05, 3.63) is 64.7 Å². The summed E-state index contributed by atoms with van der Waals surface area (Å²) >= 11 is 5.89. The molecule has 0 saturated heterocycles. The molecule has 0 radical (unpaired) electrons. The van der Waals surface area contributed by atoms with E-state index < -0.39 is 0 Å². The third-order valence-electron chi connectivity index (χ3n) is 3.30. The largest absolute Gasteiger partial charge is 0.485 e. The molecule has 1 aliphatic heterocycles. The topological polar surface area (TPSA) is 35.2 Å². The Morgan fingerprint density at radius 2 is 1.78 bits per heavy atom. The molecule has 1 aliphatic rings. The van der Waals surface area contributed by atoms with Crippen molar-refractivity contribution in [2.45, 2.75) is 18.6 Å². The number of hydrogen-bond donors (Lipinski definition) is 1. The molecule has 0 spiro atoms. The molecular formula is C15H14ClNO. The highest BCUT2D eigenvalue weighted by Gasteiger charge is 2.26. The summed E-state index contributed by atoms with van der Waals surface area (Å²) in [7, 11) is 0. The van der Waals surface area contributed by atoms with Gasteiger partial charge in [-0.05, 0) is 23.8 Å². The zero-order chi connectivity index (χ0) is 12.5. The summed E-state index contributed by atoms with van der Waals surface area (Å²) in [6.45, 7) is 0. The summed E-state index contributed by atoms with van der Waals surface area (Å²) in [5.74, 6) is 0.885. The van der Waals surface area contributed by atoms with Crippen LogP contribution in [0.5, 0.6) is 5.75 Å². The molecule has 0 fully saturated rings. The van der Waals surface area contributed by atoms with Crippen LogP contribution in [-0.4, -0.2) is 0 Å². The molecule has 92 valence electrons. The Labute approximate surface area is 111 Å². The lowest BCUT2D eigenvalue weighted by molar-refractivity contribution is 0.161. The van der Waals surface area contributed by atoms with Crippen molar-refractivity contribution in [3.8, 4) is 5.75 Å². The molecule has 1 unspecified atom stereocenters. The third-order valence-corrected chi connectivity index (χ3v) is 3.55. The average Bonchev–Trinajstić information content (AvgIpc) is 2.39. The Morgan fingerprint density at radius 1 is 1.06 bits per heavy atom. The fraction of sp³-hybridized carbons (Fsp3) is 0.200. The second kappa shape index (κ2) is 4.63. The Kier molecular flexibility index (Phi) is 2.98. The Hall–Kier alpha value is -1.51. The first-order chi connectivity index (χ1) is 8.74. The molecule has 1 heterocycles. The monoisotopic (exact) mass is 259 g/mol. The minimum Gasteiger partial charge on any atom is -0.485 e. The Morgan fingerprint density at radius 3 is 2.56 bits per heavy atom. The molecule has 2 aromatic rings. The first kappa shape index (κ1) is 11.6. The van der Waals surface area contributed by atoms with Crippen molar-refractivity contribution in [3.63, 3.8) is 0 Å². The van der Waals surface area contributed by atoms with Crippen LogP contribution in [-0.2, 0) is 0 Å². The number of rotatable bonds is 1. The average molecular weight is 260 g/mol. The lowest BCUT2D eigenvalue weighted by Gasteiger charge is -2.30. The van der Waals surface area contributed by atoms with Gasteiger partial charge in [-0.15, -0.1) is 0 Å². The number of fused-ring (bicyclic) bond motifs is 1. The van der Waals surface area contributed by atoms with E-state index in [0.29, 0.717) is 0 Å². The van der Waals surface area contributed by atoms with Gasteiger partial charge in [-0.3, -0.25) is 0 Å². The van der Waals surface area contributed by atoms with E-state index >= 15 is 0 Å². The number of para-hydroxylation sites is 1. The molecule has 3 rings (SSSR count). The lowest BCUT2D eigenvalue weighted by atomic mass is 9.94. The Balaban J connectivity index is 1.92. The SMILES string of the molecule is N[C@H]1CC(c2ccc(Cl)cc2)Oc2ccccc21. The maximum absolute atomic E-state index is 6.20. The van der Waals surface area contributed by atoms with Crippen LogP contribution in [0.4, 0.5) is 0 Å². The fourth-order valence-electron chi connectivity index (χ4n) is 2.33. The molecule has 3 heteroatoms. The molecule has 2 aromatic carbocycles. The van der Waals surface area contributed by atoms with Gasteiger partial charge >= 0.3 is 0 Å². The van der Waals surface area contributed by atoms with Gasteiger partial charge in [0.1, 0.15) is 11.9 Å². The van der Waals surface area contributed by atoms with Crippen LogP contribution < -0.4 is 10.5 Å². The van der Waals surface area contributed by atoms with Gasteiger partial charge in [-0.2, -0.15) is 0 Å². The van der Waals surface area contributed by atoms with Crippen LogP contribution >= 0.6 is 11.6 Å². The molecule has 2 N–H and O–H groups in total. The molecule has 0 amide bonds. The van der Waals surface area contributed by atoms with Crippen molar-refractivity contribution in [1.29, 1.82) is 0 Å². The smallest absolute Gasteiger partial charge is 0.126 e. The van der Waals surface area contributed by atoms with E-state index in [-0.39, 0.29) is 12.1 Å². The van der Waals surface area contributed by atoms with E-state index in [1.807, 2.05) is 48.5 Å². The number of nitrogens with two attached hydrogens (primary N) is 1.